The molecule has 0 heterocycles. The number of nitrogens with zero attached hydrogens (tertiary/aromatic N) is 2. The Morgan fingerprint density at radius 2 is 1.71 bits per heavy atom. The lowest BCUT2D eigenvalue weighted by molar-refractivity contribution is -0.530. The van der Waals surface area contributed by atoms with Crippen molar-refractivity contribution < 1.29 is 9.85 Å². The van der Waals surface area contributed by atoms with Crippen molar-refractivity contribution in [2.75, 3.05) is 0 Å². The maximum absolute atomic E-state index is 10.8. The van der Waals surface area contributed by atoms with Crippen LogP contribution < -0.4 is 0 Å². The van der Waals surface area contributed by atoms with Crippen LogP contribution in [0.4, 0.5) is 5.69 Å². The predicted octanol–water partition coefficient (Wildman–Crippen LogP) is 3.42. The third-order valence-electron chi connectivity index (χ3n) is 2.22. The van der Waals surface area contributed by atoms with Gasteiger partial charge in [-0.2, -0.15) is 0 Å². The first kappa shape index (κ1) is 14.0. The number of hydrogen-bond donors (Lipinski definition) is 0. The zero-order valence-electron chi connectivity index (χ0n) is 8.67. The van der Waals surface area contributed by atoms with E-state index in [0.717, 1.165) is 0 Å². The minimum Gasteiger partial charge on any atom is -0.263 e. The van der Waals surface area contributed by atoms with Crippen LogP contribution >= 0.6 is 31.9 Å². The summed E-state index contributed by atoms with van der Waals surface area (Å²) in [5, 5.41) is 21.3. The van der Waals surface area contributed by atoms with Crippen LogP contribution in [0.15, 0.2) is 24.3 Å². The molecule has 2 atom stereocenters. The molecule has 1 rings (SSSR count). The van der Waals surface area contributed by atoms with Crippen LogP contribution in [-0.2, 0) is 0 Å². The van der Waals surface area contributed by atoms with Crippen molar-refractivity contribution in [3.63, 3.8) is 0 Å². The van der Waals surface area contributed by atoms with Gasteiger partial charge in [-0.3, -0.25) is 20.2 Å². The summed E-state index contributed by atoms with van der Waals surface area (Å²) in [6.45, 7) is 1.41. The molecule has 0 amide bonds. The van der Waals surface area contributed by atoms with E-state index in [-0.39, 0.29) is 5.69 Å². The van der Waals surface area contributed by atoms with Crippen molar-refractivity contribution in [3.8, 4) is 0 Å². The first-order valence-corrected chi connectivity index (χ1v) is 6.19. The Kier molecular flexibility index (Phi) is 4.21. The highest BCUT2D eigenvalue weighted by molar-refractivity contribution is 9.12. The topological polar surface area (TPSA) is 86.3 Å². The number of halogens is 2. The van der Waals surface area contributed by atoms with Crippen molar-refractivity contribution in [2.45, 2.75) is 16.2 Å². The van der Waals surface area contributed by atoms with Gasteiger partial charge in [-0.25, -0.2) is 0 Å². The average molecular weight is 368 g/mol. The van der Waals surface area contributed by atoms with Crippen molar-refractivity contribution in [3.05, 3.63) is 50.1 Å². The number of benzene rings is 1. The lowest BCUT2D eigenvalue weighted by Crippen LogP contribution is -2.31. The van der Waals surface area contributed by atoms with Gasteiger partial charge in [-0.15, -0.1) is 0 Å². The van der Waals surface area contributed by atoms with Crippen LogP contribution in [0.25, 0.3) is 0 Å². The molecule has 0 saturated carbocycles. The molecule has 0 aliphatic heterocycles. The van der Waals surface area contributed by atoms with Crippen LogP contribution in [0.5, 0.6) is 0 Å². The molecule has 8 heteroatoms. The predicted molar refractivity (Wildman–Crippen MR) is 69.1 cm³/mol. The third kappa shape index (κ3) is 3.01. The van der Waals surface area contributed by atoms with Gasteiger partial charge in [0.15, 0.2) is 0 Å². The van der Waals surface area contributed by atoms with Gasteiger partial charge in [-0.1, -0.05) is 28.1 Å². The highest BCUT2D eigenvalue weighted by Gasteiger charge is 2.42. The van der Waals surface area contributed by atoms with Crippen LogP contribution in [0.1, 0.15) is 17.3 Å². The summed E-state index contributed by atoms with van der Waals surface area (Å²) in [7, 11) is 0. The van der Waals surface area contributed by atoms with E-state index in [4.69, 9.17) is 0 Å². The van der Waals surface area contributed by atoms with Crippen LogP contribution in [0, 0.1) is 20.2 Å². The quantitative estimate of drug-likeness (QED) is 0.353. The molecule has 6 nitrogen and oxygen atoms in total. The van der Waals surface area contributed by atoms with Crippen LogP contribution in [0.2, 0.25) is 0 Å². The van der Waals surface area contributed by atoms with Gasteiger partial charge in [0.1, 0.15) is 4.83 Å². The van der Waals surface area contributed by atoms with E-state index in [2.05, 4.69) is 31.9 Å². The summed E-state index contributed by atoms with van der Waals surface area (Å²) in [5.74, 6) is 0. The van der Waals surface area contributed by atoms with Crippen LogP contribution in [-0.4, -0.2) is 14.3 Å². The number of hydrogen-bond acceptors (Lipinski definition) is 4. The fraction of sp³-hybridized carbons (Fsp3) is 0.333. The molecule has 0 aliphatic rings. The van der Waals surface area contributed by atoms with Gasteiger partial charge in [-0.05, 0) is 5.56 Å². The van der Waals surface area contributed by atoms with E-state index in [1.165, 1.54) is 31.2 Å². The Morgan fingerprint density at radius 3 is 2.06 bits per heavy atom. The van der Waals surface area contributed by atoms with E-state index in [1.54, 1.807) is 0 Å². The molecule has 1 aromatic rings. The van der Waals surface area contributed by atoms with E-state index >= 15 is 0 Å². The zero-order valence-corrected chi connectivity index (χ0v) is 11.8. The average Bonchev–Trinajstić information content (AvgIpc) is 2.27. The number of non-ortho nitro benzene ring substituents is 1. The fourth-order valence-electron chi connectivity index (χ4n) is 1.16. The molecule has 0 fully saturated rings. The second-order valence-corrected chi connectivity index (χ2v) is 6.01. The third-order valence-corrected chi connectivity index (χ3v) is 5.00. The Balaban J connectivity index is 3.02. The molecule has 0 aliphatic carbocycles. The number of rotatable bonds is 4. The molecule has 0 N–H and O–H groups in total. The molecule has 92 valence electrons. The van der Waals surface area contributed by atoms with Gasteiger partial charge in [0, 0.05) is 39.9 Å². The number of nitro benzene ring substituents is 1. The van der Waals surface area contributed by atoms with E-state index in [1.807, 2.05) is 0 Å². The lowest BCUT2D eigenvalue weighted by atomic mass is 10.1. The highest BCUT2D eigenvalue weighted by atomic mass is 79.9. The van der Waals surface area contributed by atoms with Crippen molar-refractivity contribution in [1.29, 1.82) is 0 Å². The SMILES string of the molecule is C[C@](Br)([C@@H](Br)c1ccc([N+](=O)[O-])cc1)[N+](=O)[O-]. The molecule has 0 bridgehead atoms. The van der Waals surface area contributed by atoms with E-state index in [0.29, 0.717) is 5.56 Å². The van der Waals surface area contributed by atoms with Crippen LogP contribution in [0.3, 0.4) is 0 Å². The summed E-state index contributed by atoms with van der Waals surface area (Å²) < 4.78 is -1.37. The van der Waals surface area contributed by atoms with Gasteiger partial charge < -0.3 is 0 Å². The fourth-order valence-corrected chi connectivity index (χ4v) is 1.90. The Hall–Kier alpha value is -1.02. The molecule has 0 aromatic heterocycles. The zero-order chi connectivity index (χ0) is 13.2. The Labute approximate surface area is 114 Å². The molecule has 0 radical (unpaired) electrons. The standard InChI is InChI=1S/C9H8Br2N2O4/c1-9(11,13(16)17)8(10)6-2-4-7(5-3-6)12(14)15/h2-5,8H,1H3/t8-,9+/m0/s1. The summed E-state index contributed by atoms with van der Waals surface area (Å²) in [4.78, 5) is 19.7. The van der Waals surface area contributed by atoms with Crippen molar-refractivity contribution in [1.82, 2.24) is 0 Å². The Bertz CT molecular complexity index is 447. The Morgan fingerprint density at radius 1 is 1.24 bits per heavy atom. The van der Waals surface area contributed by atoms with Gasteiger partial charge in [0.25, 0.3) is 10.1 Å². The minimum atomic E-state index is -1.37. The highest BCUT2D eigenvalue weighted by Crippen LogP contribution is 2.40. The maximum Gasteiger partial charge on any atom is 0.288 e. The van der Waals surface area contributed by atoms with E-state index < -0.39 is 19.1 Å². The number of nitro groups is 2. The first-order chi connectivity index (χ1) is 7.76. The van der Waals surface area contributed by atoms with Crippen molar-refractivity contribution >= 4 is 37.5 Å². The summed E-state index contributed by atoms with van der Waals surface area (Å²) in [6, 6.07) is 5.60. The summed E-state index contributed by atoms with van der Waals surface area (Å²) in [5.41, 5.74) is 0.539. The molecule has 0 unspecified atom stereocenters. The molecular formula is C9H8Br2N2O4. The second-order valence-electron chi connectivity index (χ2n) is 3.49. The van der Waals surface area contributed by atoms with E-state index in [9.17, 15) is 20.2 Å². The smallest absolute Gasteiger partial charge is 0.263 e. The molecule has 0 saturated heterocycles. The monoisotopic (exact) mass is 366 g/mol. The number of alkyl halides is 2. The largest absolute Gasteiger partial charge is 0.288 e. The van der Waals surface area contributed by atoms with Gasteiger partial charge in [0.2, 0.25) is 0 Å². The molecule has 1 aromatic carbocycles. The van der Waals surface area contributed by atoms with Gasteiger partial charge >= 0.3 is 0 Å². The summed E-state index contributed by atoms with van der Waals surface area (Å²) >= 11 is 6.23. The molecule has 17 heavy (non-hydrogen) atoms. The molecule has 0 spiro atoms. The normalized spacial score (nSPS) is 15.9. The first-order valence-electron chi connectivity index (χ1n) is 4.48. The second kappa shape index (κ2) is 5.09. The maximum atomic E-state index is 10.8. The molecular weight excluding hydrogens is 360 g/mol. The lowest BCUT2D eigenvalue weighted by Gasteiger charge is -2.19. The van der Waals surface area contributed by atoms with Crippen molar-refractivity contribution in [2.24, 2.45) is 0 Å². The summed E-state index contributed by atoms with van der Waals surface area (Å²) in [6.07, 6.45) is 0. The van der Waals surface area contributed by atoms with Gasteiger partial charge in [0.05, 0.1) is 4.92 Å². The minimum absolute atomic E-state index is 0.0502.